The second-order valence-corrected chi connectivity index (χ2v) is 5.53. The average Bonchev–Trinajstić information content (AvgIpc) is 2.42. The normalized spacial score (nSPS) is 10.8. The van der Waals surface area contributed by atoms with Gasteiger partial charge in [-0.25, -0.2) is 4.79 Å². The number of hydrogen-bond acceptors (Lipinski definition) is 5. The van der Waals surface area contributed by atoms with Crippen molar-refractivity contribution in [3.05, 3.63) is 39.7 Å². The fraction of sp³-hybridized carbons (Fsp3) is 0.333. The Bertz CT molecular complexity index is 703. The lowest BCUT2D eigenvalue weighted by atomic mass is 10.1. The van der Waals surface area contributed by atoms with E-state index >= 15 is 0 Å². The number of hydrogen-bond donors (Lipinski definition) is 0. The van der Waals surface area contributed by atoms with Gasteiger partial charge in [-0.1, -0.05) is 18.7 Å². The molecule has 20 heavy (non-hydrogen) atoms. The second kappa shape index (κ2) is 6.13. The van der Waals surface area contributed by atoms with Crippen LogP contribution in [0.15, 0.2) is 27.4 Å². The van der Waals surface area contributed by atoms with Gasteiger partial charge in [0.15, 0.2) is 0 Å². The van der Waals surface area contributed by atoms with E-state index in [1.807, 2.05) is 19.9 Å². The van der Waals surface area contributed by atoms with Crippen molar-refractivity contribution in [3.63, 3.8) is 0 Å². The minimum absolute atomic E-state index is 0.0677. The molecule has 0 aliphatic carbocycles. The summed E-state index contributed by atoms with van der Waals surface area (Å²) < 4.78 is 10.5. The molecule has 0 unspecified atom stereocenters. The number of methoxy groups -OCH3 is 1. The topological polar surface area (TPSA) is 56.5 Å². The number of aryl methyl sites for hydroxylation is 1. The third kappa shape index (κ3) is 2.88. The van der Waals surface area contributed by atoms with Gasteiger partial charge in [0.2, 0.25) is 5.12 Å². The van der Waals surface area contributed by atoms with Crippen molar-refractivity contribution in [2.45, 2.75) is 20.3 Å². The summed E-state index contributed by atoms with van der Waals surface area (Å²) in [5.41, 5.74) is 0.831. The maximum Gasteiger partial charge on any atom is 0.348 e. The standard InChI is InChI=1S/C15H16O4S/c1-4-5-20-15(17)11-8-10-12(18-3)6-9(2)7-13(10)19-14(11)16/h6-8H,4-5H2,1-3H3. The van der Waals surface area contributed by atoms with Crippen LogP contribution in [0.5, 0.6) is 5.75 Å². The minimum atomic E-state index is -0.598. The molecule has 0 spiro atoms. The van der Waals surface area contributed by atoms with E-state index < -0.39 is 5.63 Å². The lowest BCUT2D eigenvalue weighted by Crippen LogP contribution is -2.12. The summed E-state index contributed by atoms with van der Waals surface area (Å²) in [6, 6.07) is 5.16. The van der Waals surface area contributed by atoms with Crippen molar-refractivity contribution in [1.82, 2.24) is 0 Å². The van der Waals surface area contributed by atoms with Crippen molar-refractivity contribution in [2.75, 3.05) is 12.9 Å². The van der Waals surface area contributed by atoms with Crippen LogP contribution in [0.1, 0.15) is 29.3 Å². The van der Waals surface area contributed by atoms with E-state index in [0.29, 0.717) is 22.5 Å². The molecule has 0 amide bonds. The third-order valence-corrected chi connectivity index (χ3v) is 3.93. The van der Waals surface area contributed by atoms with Crippen LogP contribution in [0.4, 0.5) is 0 Å². The van der Waals surface area contributed by atoms with Gasteiger partial charge in [0.1, 0.15) is 16.9 Å². The first-order chi connectivity index (χ1) is 9.56. The molecule has 2 aromatic rings. The minimum Gasteiger partial charge on any atom is -0.496 e. The molecule has 4 nitrogen and oxygen atoms in total. The van der Waals surface area contributed by atoms with E-state index in [9.17, 15) is 9.59 Å². The Morgan fingerprint density at radius 2 is 2.10 bits per heavy atom. The van der Waals surface area contributed by atoms with Gasteiger partial charge < -0.3 is 9.15 Å². The maximum absolute atomic E-state index is 12.0. The van der Waals surface area contributed by atoms with Gasteiger partial charge in [-0.05, 0) is 37.1 Å². The van der Waals surface area contributed by atoms with Crippen LogP contribution >= 0.6 is 11.8 Å². The van der Waals surface area contributed by atoms with E-state index in [-0.39, 0.29) is 10.7 Å². The molecular formula is C15H16O4S. The van der Waals surface area contributed by atoms with Crippen molar-refractivity contribution in [1.29, 1.82) is 0 Å². The van der Waals surface area contributed by atoms with Gasteiger partial charge in [0.25, 0.3) is 0 Å². The van der Waals surface area contributed by atoms with Crippen molar-refractivity contribution in [2.24, 2.45) is 0 Å². The molecule has 1 aromatic heterocycles. The molecule has 106 valence electrons. The molecule has 0 aliphatic heterocycles. The van der Waals surface area contributed by atoms with E-state index in [1.165, 1.54) is 0 Å². The second-order valence-electron chi connectivity index (χ2n) is 4.46. The van der Waals surface area contributed by atoms with E-state index in [4.69, 9.17) is 9.15 Å². The summed E-state index contributed by atoms with van der Waals surface area (Å²) in [7, 11) is 1.55. The predicted octanol–water partition coefficient (Wildman–Crippen LogP) is 3.39. The molecule has 0 radical (unpaired) electrons. The molecule has 2 rings (SSSR count). The lowest BCUT2D eigenvalue weighted by molar-refractivity contribution is 0.108. The molecule has 0 bridgehead atoms. The Balaban J connectivity index is 2.58. The predicted molar refractivity (Wildman–Crippen MR) is 80.9 cm³/mol. The van der Waals surface area contributed by atoms with Crippen molar-refractivity contribution in [3.8, 4) is 5.75 Å². The Morgan fingerprint density at radius 3 is 2.75 bits per heavy atom. The van der Waals surface area contributed by atoms with Crippen LogP contribution in [0.3, 0.4) is 0 Å². The van der Waals surface area contributed by atoms with Crippen LogP contribution in [0.25, 0.3) is 11.0 Å². The number of carbonyl (C=O) groups excluding carboxylic acids is 1. The molecule has 0 aliphatic rings. The zero-order valence-electron chi connectivity index (χ0n) is 11.7. The highest BCUT2D eigenvalue weighted by atomic mass is 32.2. The summed E-state index contributed by atoms with van der Waals surface area (Å²) in [6.07, 6.45) is 0.873. The highest BCUT2D eigenvalue weighted by molar-refractivity contribution is 8.14. The molecule has 0 fully saturated rings. The molecule has 0 N–H and O–H groups in total. The van der Waals surface area contributed by atoms with Crippen LogP contribution in [0, 0.1) is 6.92 Å². The molecule has 1 heterocycles. The van der Waals surface area contributed by atoms with E-state index in [2.05, 4.69) is 0 Å². The first kappa shape index (κ1) is 14.7. The first-order valence-electron chi connectivity index (χ1n) is 6.36. The van der Waals surface area contributed by atoms with Crippen molar-refractivity contribution < 1.29 is 13.9 Å². The lowest BCUT2D eigenvalue weighted by Gasteiger charge is -2.07. The van der Waals surface area contributed by atoms with Gasteiger partial charge in [-0.3, -0.25) is 4.79 Å². The number of fused-ring (bicyclic) bond motifs is 1. The van der Waals surface area contributed by atoms with Crippen LogP contribution in [-0.4, -0.2) is 18.0 Å². The average molecular weight is 292 g/mol. The highest BCUT2D eigenvalue weighted by Crippen LogP contribution is 2.27. The SMILES string of the molecule is CCCSC(=O)c1cc2c(OC)cc(C)cc2oc1=O. The van der Waals surface area contributed by atoms with E-state index in [0.717, 1.165) is 23.7 Å². The third-order valence-electron chi connectivity index (χ3n) is 2.84. The quantitative estimate of drug-likeness (QED) is 0.808. The molecule has 5 heteroatoms. The Morgan fingerprint density at radius 1 is 1.35 bits per heavy atom. The van der Waals surface area contributed by atoms with Crippen molar-refractivity contribution >= 4 is 27.8 Å². The van der Waals surface area contributed by atoms with Crippen LogP contribution in [-0.2, 0) is 0 Å². The van der Waals surface area contributed by atoms with Crippen LogP contribution < -0.4 is 10.4 Å². The van der Waals surface area contributed by atoms with Gasteiger partial charge in [0.05, 0.1) is 12.5 Å². The smallest absolute Gasteiger partial charge is 0.348 e. The number of ether oxygens (including phenoxy) is 1. The molecule has 0 atom stereocenters. The summed E-state index contributed by atoms with van der Waals surface area (Å²) in [5.74, 6) is 1.28. The molecular weight excluding hydrogens is 276 g/mol. The zero-order chi connectivity index (χ0) is 14.7. The highest BCUT2D eigenvalue weighted by Gasteiger charge is 2.16. The number of thioether (sulfide) groups is 1. The number of benzene rings is 1. The van der Waals surface area contributed by atoms with Gasteiger partial charge in [-0.15, -0.1) is 0 Å². The molecule has 0 saturated heterocycles. The zero-order valence-corrected chi connectivity index (χ0v) is 12.5. The fourth-order valence-corrected chi connectivity index (χ4v) is 2.59. The number of carbonyl (C=O) groups is 1. The largest absolute Gasteiger partial charge is 0.496 e. The van der Waals surface area contributed by atoms with Crippen LogP contribution in [0.2, 0.25) is 0 Å². The van der Waals surface area contributed by atoms with E-state index in [1.54, 1.807) is 19.2 Å². The van der Waals surface area contributed by atoms with Gasteiger partial charge >= 0.3 is 5.63 Å². The summed E-state index contributed by atoms with van der Waals surface area (Å²) in [5, 5.41) is 0.378. The monoisotopic (exact) mass is 292 g/mol. The Hall–Kier alpha value is -1.75. The summed E-state index contributed by atoms with van der Waals surface area (Å²) in [4.78, 5) is 23.9. The number of rotatable bonds is 4. The Kier molecular flexibility index (Phi) is 4.49. The summed E-state index contributed by atoms with van der Waals surface area (Å²) in [6.45, 7) is 3.87. The van der Waals surface area contributed by atoms with Gasteiger partial charge in [0, 0.05) is 5.75 Å². The molecule has 1 aromatic carbocycles. The fourth-order valence-electron chi connectivity index (χ4n) is 1.90. The maximum atomic E-state index is 12.0. The molecule has 0 saturated carbocycles. The first-order valence-corrected chi connectivity index (χ1v) is 7.35. The summed E-state index contributed by atoms with van der Waals surface area (Å²) >= 11 is 1.13. The van der Waals surface area contributed by atoms with Gasteiger partial charge in [-0.2, -0.15) is 0 Å². The Labute approximate surface area is 121 Å².